The van der Waals surface area contributed by atoms with Gasteiger partial charge in [0, 0.05) is 22.8 Å². The quantitative estimate of drug-likeness (QED) is 0.854. The van der Waals surface area contributed by atoms with Gasteiger partial charge in [-0.1, -0.05) is 28.1 Å². The van der Waals surface area contributed by atoms with Gasteiger partial charge < -0.3 is 15.8 Å². The van der Waals surface area contributed by atoms with E-state index in [1.165, 1.54) is 18.7 Å². The lowest BCUT2D eigenvalue weighted by atomic mass is 10.0. The summed E-state index contributed by atoms with van der Waals surface area (Å²) >= 11 is 3.56. The number of anilines is 1. The molecule has 0 spiro atoms. The average molecular weight is 353 g/mol. The number of hydrogen-bond acceptors (Lipinski definition) is 3. The third kappa shape index (κ3) is 3.74. The Morgan fingerprint density at radius 1 is 1.29 bits per heavy atom. The maximum atomic E-state index is 13.4. The van der Waals surface area contributed by atoms with Gasteiger partial charge >= 0.3 is 0 Å². The maximum Gasteiger partial charge on any atom is 0.165 e. The van der Waals surface area contributed by atoms with Gasteiger partial charge in [-0.25, -0.2) is 4.39 Å². The summed E-state index contributed by atoms with van der Waals surface area (Å²) < 4.78 is 19.4. The summed E-state index contributed by atoms with van der Waals surface area (Å²) in [5.41, 5.74) is 8.86. The van der Waals surface area contributed by atoms with Gasteiger partial charge in [0.05, 0.1) is 13.2 Å². The Kier molecular flexibility index (Phi) is 5.20. The second kappa shape index (κ2) is 6.91. The highest BCUT2D eigenvalue weighted by Crippen LogP contribution is 2.29. The molecule has 0 aliphatic rings. The lowest BCUT2D eigenvalue weighted by Crippen LogP contribution is -2.21. The topological polar surface area (TPSA) is 47.3 Å². The van der Waals surface area contributed by atoms with Crippen LogP contribution in [0.15, 0.2) is 40.9 Å². The van der Waals surface area contributed by atoms with Gasteiger partial charge in [-0.05, 0) is 36.2 Å². The van der Waals surface area contributed by atoms with Crippen molar-refractivity contribution in [3.63, 3.8) is 0 Å². The molecular formula is C16H18BrFN2O. The predicted octanol–water partition coefficient (Wildman–Crippen LogP) is 4.02. The van der Waals surface area contributed by atoms with Crippen molar-refractivity contribution in [1.29, 1.82) is 0 Å². The van der Waals surface area contributed by atoms with Crippen molar-refractivity contribution < 1.29 is 9.13 Å². The van der Waals surface area contributed by atoms with E-state index in [2.05, 4.69) is 21.2 Å². The zero-order valence-corrected chi connectivity index (χ0v) is 13.6. The third-order valence-electron chi connectivity index (χ3n) is 3.26. The van der Waals surface area contributed by atoms with E-state index in [1.54, 1.807) is 12.1 Å². The van der Waals surface area contributed by atoms with Crippen LogP contribution in [0.5, 0.6) is 5.75 Å². The first-order valence-electron chi connectivity index (χ1n) is 6.61. The van der Waals surface area contributed by atoms with E-state index in [0.717, 1.165) is 15.7 Å². The first-order valence-corrected chi connectivity index (χ1v) is 7.40. The van der Waals surface area contributed by atoms with Crippen LogP contribution in [0.25, 0.3) is 0 Å². The van der Waals surface area contributed by atoms with E-state index in [4.69, 9.17) is 10.5 Å². The van der Waals surface area contributed by atoms with Gasteiger partial charge in [0.2, 0.25) is 0 Å². The summed E-state index contributed by atoms with van der Waals surface area (Å²) in [5, 5.41) is 3.31. The van der Waals surface area contributed by atoms with Gasteiger partial charge in [0.15, 0.2) is 11.6 Å². The molecule has 0 fully saturated rings. The molecule has 1 atom stereocenters. The van der Waals surface area contributed by atoms with Crippen LogP contribution in [0.4, 0.5) is 10.1 Å². The van der Waals surface area contributed by atoms with Crippen LogP contribution in [0.1, 0.15) is 17.2 Å². The minimum Gasteiger partial charge on any atom is -0.494 e. The van der Waals surface area contributed by atoms with E-state index in [1.807, 2.05) is 25.1 Å². The Morgan fingerprint density at radius 3 is 2.67 bits per heavy atom. The normalized spacial score (nSPS) is 12.0. The number of hydrogen-bond donors (Lipinski definition) is 2. The number of nitrogens with one attached hydrogen (secondary N) is 1. The number of benzene rings is 2. The Morgan fingerprint density at radius 2 is 2.05 bits per heavy atom. The van der Waals surface area contributed by atoms with Gasteiger partial charge in [-0.2, -0.15) is 0 Å². The fourth-order valence-corrected chi connectivity index (χ4v) is 2.90. The van der Waals surface area contributed by atoms with Gasteiger partial charge in [0.25, 0.3) is 0 Å². The molecule has 0 radical (unpaired) electrons. The number of rotatable bonds is 5. The molecule has 2 aromatic carbocycles. The molecule has 2 rings (SSSR count). The van der Waals surface area contributed by atoms with E-state index >= 15 is 0 Å². The lowest BCUT2D eigenvalue weighted by molar-refractivity contribution is 0.386. The Bertz CT molecular complexity index is 634. The Balaban J connectivity index is 2.26. The van der Waals surface area contributed by atoms with Crippen molar-refractivity contribution >= 4 is 21.6 Å². The molecule has 21 heavy (non-hydrogen) atoms. The first-order chi connectivity index (χ1) is 10.0. The Labute approximate surface area is 132 Å². The molecule has 2 aromatic rings. The lowest BCUT2D eigenvalue weighted by Gasteiger charge is -2.20. The fourth-order valence-electron chi connectivity index (χ4n) is 2.13. The van der Waals surface area contributed by atoms with Gasteiger partial charge in [0.1, 0.15) is 0 Å². The summed E-state index contributed by atoms with van der Waals surface area (Å²) in [5.74, 6) is -0.178. The third-order valence-corrected chi connectivity index (χ3v) is 3.95. The number of nitrogens with two attached hydrogens (primary N) is 1. The smallest absolute Gasteiger partial charge is 0.165 e. The van der Waals surface area contributed by atoms with Crippen LogP contribution in [0.2, 0.25) is 0 Å². The highest BCUT2D eigenvalue weighted by Gasteiger charge is 2.14. The van der Waals surface area contributed by atoms with Gasteiger partial charge in [-0.15, -0.1) is 0 Å². The van der Waals surface area contributed by atoms with Gasteiger partial charge in [-0.3, -0.25) is 0 Å². The summed E-state index contributed by atoms with van der Waals surface area (Å²) in [6.07, 6.45) is 0. The van der Waals surface area contributed by atoms with E-state index in [9.17, 15) is 4.39 Å². The standard InChI is InChI=1S/C16H18BrFN2O/c1-10-3-5-12(13(17)7-10)15(9-19)20-11-4-6-14(18)16(8-11)21-2/h3-8,15,20H,9,19H2,1-2H3. The summed E-state index contributed by atoms with van der Waals surface area (Å²) in [4.78, 5) is 0. The van der Waals surface area contributed by atoms with Crippen molar-refractivity contribution in [2.45, 2.75) is 13.0 Å². The SMILES string of the molecule is COc1cc(NC(CN)c2ccc(C)cc2Br)ccc1F. The predicted molar refractivity (Wildman–Crippen MR) is 87.2 cm³/mol. The van der Waals surface area contributed by atoms with Crippen LogP contribution in [-0.4, -0.2) is 13.7 Å². The first kappa shape index (κ1) is 15.8. The van der Waals surface area contributed by atoms with Crippen LogP contribution < -0.4 is 15.8 Å². The molecule has 0 bridgehead atoms. The number of halogens is 2. The molecule has 0 amide bonds. The fraction of sp³-hybridized carbons (Fsp3) is 0.250. The number of aryl methyl sites for hydroxylation is 1. The molecule has 112 valence electrons. The largest absolute Gasteiger partial charge is 0.494 e. The van der Waals surface area contributed by atoms with Crippen LogP contribution >= 0.6 is 15.9 Å². The molecule has 0 saturated heterocycles. The van der Waals surface area contributed by atoms with Crippen LogP contribution in [0, 0.1) is 12.7 Å². The summed E-state index contributed by atoms with van der Waals surface area (Å²) in [6, 6.07) is 10.7. The molecule has 5 heteroatoms. The molecule has 1 unspecified atom stereocenters. The van der Waals surface area contributed by atoms with Crippen LogP contribution in [-0.2, 0) is 0 Å². The summed E-state index contributed by atoms with van der Waals surface area (Å²) in [6.45, 7) is 2.45. The van der Waals surface area contributed by atoms with Crippen molar-refractivity contribution in [2.75, 3.05) is 19.0 Å². The molecule has 3 nitrogen and oxygen atoms in total. The second-order valence-electron chi connectivity index (χ2n) is 4.81. The minimum atomic E-state index is -0.385. The average Bonchev–Trinajstić information content (AvgIpc) is 2.47. The van der Waals surface area contributed by atoms with Crippen molar-refractivity contribution in [1.82, 2.24) is 0 Å². The van der Waals surface area contributed by atoms with Crippen molar-refractivity contribution in [3.8, 4) is 5.75 Å². The molecule has 0 aliphatic heterocycles. The number of ether oxygens (including phenoxy) is 1. The molecule has 0 aliphatic carbocycles. The zero-order chi connectivity index (χ0) is 15.4. The highest BCUT2D eigenvalue weighted by atomic mass is 79.9. The molecular weight excluding hydrogens is 335 g/mol. The minimum absolute atomic E-state index is 0.0739. The molecule has 3 N–H and O–H groups in total. The second-order valence-corrected chi connectivity index (χ2v) is 5.66. The molecule has 0 heterocycles. The monoisotopic (exact) mass is 352 g/mol. The maximum absolute atomic E-state index is 13.4. The van der Waals surface area contributed by atoms with Crippen molar-refractivity contribution in [2.24, 2.45) is 5.73 Å². The van der Waals surface area contributed by atoms with Crippen LogP contribution in [0.3, 0.4) is 0 Å². The highest BCUT2D eigenvalue weighted by molar-refractivity contribution is 9.10. The van der Waals surface area contributed by atoms with E-state index in [-0.39, 0.29) is 17.6 Å². The zero-order valence-electron chi connectivity index (χ0n) is 12.0. The van der Waals surface area contributed by atoms with Crippen molar-refractivity contribution in [3.05, 3.63) is 57.8 Å². The Hall–Kier alpha value is -1.59. The van der Waals surface area contributed by atoms with E-state index in [0.29, 0.717) is 6.54 Å². The molecule has 0 saturated carbocycles. The summed E-state index contributed by atoms with van der Waals surface area (Å²) in [7, 11) is 1.44. The molecule has 0 aromatic heterocycles. The van der Waals surface area contributed by atoms with E-state index < -0.39 is 0 Å². The number of methoxy groups -OCH3 is 1.